The van der Waals surface area contributed by atoms with Gasteiger partial charge in [0.25, 0.3) is 11.8 Å². The maximum Gasteiger partial charge on any atom is 0.262 e. The molecule has 0 radical (unpaired) electrons. The van der Waals surface area contributed by atoms with E-state index in [2.05, 4.69) is 12.2 Å². The van der Waals surface area contributed by atoms with Gasteiger partial charge in [-0.3, -0.25) is 19.3 Å². The average Bonchev–Trinajstić information content (AvgIpc) is 3.30. The normalized spacial score (nSPS) is 29.7. The van der Waals surface area contributed by atoms with Crippen molar-refractivity contribution in [1.82, 2.24) is 10.2 Å². The van der Waals surface area contributed by atoms with E-state index in [4.69, 9.17) is 0 Å². The van der Waals surface area contributed by atoms with Crippen molar-refractivity contribution < 1.29 is 14.4 Å². The van der Waals surface area contributed by atoms with E-state index in [1.165, 1.54) is 25.7 Å². The van der Waals surface area contributed by atoms with Crippen molar-refractivity contribution in [1.29, 1.82) is 0 Å². The van der Waals surface area contributed by atoms with Gasteiger partial charge in [-0.25, -0.2) is 0 Å². The van der Waals surface area contributed by atoms with E-state index < -0.39 is 6.04 Å². The highest BCUT2D eigenvalue weighted by atomic mass is 16.2. The maximum atomic E-state index is 12.7. The lowest BCUT2D eigenvalue weighted by atomic mass is 9.84. The number of carbonyl (C=O) groups is 3. The molecule has 1 aromatic rings. The fourth-order valence-corrected chi connectivity index (χ4v) is 5.04. The van der Waals surface area contributed by atoms with Gasteiger partial charge in [-0.15, -0.1) is 0 Å². The lowest BCUT2D eigenvalue weighted by Gasteiger charge is -2.30. The van der Waals surface area contributed by atoms with Crippen molar-refractivity contribution in [3.63, 3.8) is 0 Å². The predicted octanol–water partition coefficient (Wildman–Crippen LogP) is 2.61. The number of fused-ring (bicyclic) bond motifs is 3. The SMILES string of the molecule is CC(NC(=O)C(C)N1C(=O)c2ccccc2C1=O)C1CC2CCC1C2. The summed E-state index contributed by atoms with van der Waals surface area (Å²) in [5.41, 5.74) is 0.765. The first-order valence-corrected chi connectivity index (χ1v) is 9.24. The van der Waals surface area contributed by atoms with Crippen LogP contribution in [0.4, 0.5) is 0 Å². The van der Waals surface area contributed by atoms with Crippen LogP contribution in [0.5, 0.6) is 0 Å². The Hall–Kier alpha value is -2.17. The summed E-state index contributed by atoms with van der Waals surface area (Å²) < 4.78 is 0. The van der Waals surface area contributed by atoms with Gasteiger partial charge in [-0.1, -0.05) is 18.6 Å². The van der Waals surface area contributed by atoms with E-state index >= 15 is 0 Å². The highest BCUT2D eigenvalue weighted by molar-refractivity contribution is 6.22. The first-order chi connectivity index (χ1) is 12.0. The van der Waals surface area contributed by atoms with Crippen molar-refractivity contribution in [3.05, 3.63) is 35.4 Å². The van der Waals surface area contributed by atoms with Crippen LogP contribution in [-0.4, -0.2) is 34.7 Å². The zero-order valence-electron chi connectivity index (χ0n) is 14.7. The highest BCUT2D eigenvalue weighted by Gasteiger charge is 2.44. The maximum absolute atomic E-state index is 12.7. The van der Waals surface area contributed by atoms with Gasteiger partial charge >= 0.3 is 0 Å². The predicted molar refractivity (Wildman–Crippen MR) is 92.9 cm³/mol. The third kappa shape index (κ3) is 2.57. The summed E-state index contributed by atoms with van der Waals surface area (Å²) in [7, 11) is 0. The molecule has 4 rings (SSSR count). The Labute approximate surface area is 147 Å². The number of amides is 3. The topological polar surface area (TPSA) is 66.5 Å². The lowest BCUT2D eigenvalue weighted by Crippen LogP contribution is -2.51. The van der Waals surface area contributed by atoms with Gasteiger partial charge in [-0.2, -0.15) is 0 Å². The third-order valence-corrected chi connectivity index (χ3v) is 6.40. The molecular formula is C20H24N2O3. The molecule has 5 nitrogen and oxygen atoms in total. The second kappa shape index (κ2) is 5.97. The standard InChI is InChI=1S/C20H24N2O3/c1-11(17-10-13-7-8-14(17)9-13)21-18(23)12(2)22-19(24)15-5-3-4-6-16(15)20(22)25/h3-6,11-14,17H,7-10H2,1-2H3,(H,21,23). The van der Waals surface area contributed by atoms with E-state index in [9.17, 15) is 14.4 Å². The molecule has 0 spiro atoms. The van der Waals surface area contributed by atoms with Gasteiger partial charge in [0.2, 0.25) is 5.91 Å². The molecule has 2 aliphatic carbocycles. The molecule has 1 aliphatic heterocycles. The Bertz CT molecular complexity index is 709. The summed E-state index contributed by atoms with van der Waals surface area (Å²) in [4.78, 5) is 38.8. The number of nitrogens with one attached hydrogen (secondary N) is 1. The first kappa shape index (κ1) is 16.3. The largest absolute Gasteiger partial charge is 0.352 e. The molecule has 3 amide bonds. The minimum Gasteiger partial charge on any atom is -0.352 e. The molecule has 1 heterocycles. The molecule has 1 N–H and O–H groups in total. The summed E-state index contributed by atoms with van der Waals surface area (Å²) >= 11 is 0. The molecule has 1 aromatic carbocycles. The summed E-state index contributed by atoms with van der Waals surface area (Å²) in [6.07, 6.45) is 5.07. The minimum absolute atomic E-state index is 0.0837. The monoisotopic (exact) mass is 340 g/mol. The molecular weight excluding hydrogens is 316 g/mol. The Kier molecular flexibility index (Phi) is 3.89. The Morgan fingerprint density at radius 2 is 1.72 bits per heavy atom. The molecule has 0 saturated heterocycles. The summed E-state index contributed by atoms with van der Waals surface area (Å²) in [5, 5.41) is 3.07. The molecule has 2 saturated carbocycles. The van der Waals surface area contributed by atoms with Crippen LogP contribution in [0.1, 0.15) is 60.2 Å². The molecule has 2 fully saturated rings. The molecule has 25 heavy (non-hydrogen) atoms. The molecule has 0 aromatic heterocycles. The van der Waals surface area contributed by atoms with E-state index in [1.807, 2.05) is 0 Å². The quantitative estimate of drug-likeness (QED) is 0.857. The van der Waals surface area contributed by atoms with Crippen LogP contribution in [0.2, 0.25) is 0 Å². The van der Waals surface area contributed by atoms with Crippen molar-refractivity contribution in [3.8, 4) is 0 Å². The molecule has 2 bridgehead atoms. The van der Waals surface area contributed by atoms with Crippen molar-refractivity contribution in [2.45, 2.75) is 51.6 Å². The van der Waals surface area contributed by atoms with Crippen LogP contribution in [0.3, 0.4) is 0 Å². The van der Waals surface area contributed by atoms with Gasteiger partial charge in [0, 0.05) is 6.04 Å². The molecule has 5 unspecified atom stereocenters. The van der Waals surface area contributed by atoms with Crippen LogP contribution in [-0.2, 0) is 4.79 Å². The van der Waals surface area contributed by atoms with Gasteiger partial charge in [0.1, 0.15) is 6.04 Å². The number of nitrogens with zero attached hydrogens (tertiary/aromatic N) is 1. The number of rotatable bonds is 4. The number of hydrogen-bond donors (Lipinski definition) is 1. The van der Waals surface area contributed by atoms with Crippen LogP contribution in [0.25, 0.3) is 0 Å². The number of hydrogen-bond acceptors (Lipinski definition) is 3. The summed E-state index contributed by atoms with van der Waals surface area (Å²) in [6.45, 7) is 3.68. The van der Waals surface area contributed by atoms with Crippen LogP contribution >= 0.6 is 0 Å². The Morgan fingerprint density at radius 3 is 2.24 bits per heavy atom. The van der Waals surface area contributed by atoms with Crippen molar-refractivity contribution in [2.75, 3.05) is 0 Å². The van der Waals surface area contributed by atoms with E-state index in [-0.39, 0.29) is 23.8 Å². The zero-order valence-corrected chi connectivity index (χ0v) is 14.7. The van der Waals surface area contributed by atoms with Gasteiger partial charge < -0.3 is 5.32 Å². The minimum atomic E-state index is -0.798. The van der Waals surface area contributed by atoms with Gasteiger partial charge in [0.05, 0.1) is 11.1 Å². The molecule has 3 aliphatic rings. The van der Waals surface area contributed by atoms with E-state index in [0.29, 0.717) is 17.0 Å². The van der Waals surface area contributed by atoms with Gasteiger partial charge in [-0.05, 0) is 63.0 Å². The second-order valence-electron chi connectivity index (χ2n) is 7.84. The number of imide groups is 1. The molecule has 5 atom stereocenters. The van der Waals surface area contributed by atoms with Crippen LogP contribution in [0, 0.1) is 17.8 Å². The smallest absolute Gasteiger partial charge is 0.262 e. The summed E-state index contributed by atoms with van der Waals surface area (Å²) in [5.74, 6) is 1.06. The fraction of sp³-hybridized carbons (Fsp3) is 0.550. The van der Waals surface area contributed by atoms with Crippen LogP contribution < -0.4 is 5.32 Å². The number of benzene rings is 1. The van der Waals surface area contributed by atoms with Crippen molar-refractivity contribution >= 4 is 17.7 Å². The Morgan fingerprint density at radius 1 is 1.08 bits per heavy atom. The first-order valence-electron chi connectivity index (χ1n) is 9.24. The van der Waals surface area contributed by atoms with E-state index in [1.54, 1.807) is 31.2 Å². The molecule has 5 heteroatoms. The van der Waals surface area contributed by atoms with E-state index in [0.717, 1.165) is 16.7 Å². The number of carbonyl (C=O) groups excluding carboxylic acids is 3. The molecule has 132 valence electrons. The third-order valence-electron chi connectivity index (χ3n) is 6.40. The highest BCUT2D eigenvalue weighted by Crippen LogP contribution is 2.49. The zero-order chi connectivity index (χ0) is 17.7. The lowest BCUT2D eigenvalue weighted by molar-refractivity contribution is -0.125. The van der Waals surface area contributed by atoms with Gasteiger partial charge in [0.15, 0.2) is 0 Å². The summed E-state index contributed by atoms with van der Waals surface area (Å²) in [6, 6.07) is 6.02. The Balaban J connectivity index is 1.44. The second-order valence-corrected chi connectivity index (χ2v) is 7.84. The average molecular weight is 340 g/mol. The fourth-order valence-electron chi connectivity index (χ4n) is 5.04. The van der Waals surface area contributed by atoms with Crippen LogP contribution in [0.15, 0.2) is 24.3 Å². The van der Waals surface area contributed by atoms with Crippen molar-refractivity contribution in [2.24, 2.45) is 17.8 Å².